The highest BCUT2D eigenvalue weighted by molar-refractivity contribution is 6.42. The maximum absolute atomic E-state index is 11.9. The minimum absolute atomic E-state index is 0.0951. The van der Waals surface area contributed by atoms with Crippen molar-refractivity contribution in [3.8, 4) is 0 Å². The minimum atomic E-state index is -0.0951. The summed E-state index contributed by atoms with van der Waals surface area (Å²) < 4.78 is 0. The summed E-state index contributed by atoms with van der Waals surface area (Å²) in [6.45, 7) is 2.88. The van der Waals surface area contributed by atoms with Crippen LogP contribution in [-0.2, 0) is 0 Å². The number of carbonyl (C=O) groups excluding carboxylic acids is 1. The molecule has 0 radical (unpaired) electrons. The fourth-order valence-electron chi connectivity index (χ4n) is 2.30. The van der Waals surface area contributed by atoms with Crippen molar-refractivity contribution < 1.29 is 4.79 Å². The van der Waals surface area contributed by atoms with E-state index in [4.69, 9.17) is 23.2 Å². The van der Waals surface area contributed by atoms with Gasteiger partial charge in [-0.15, -0.1) is 0 Å². The van der Waals surface area contributed by atoms with Gasteiger partial charge >= 0.3 is 0 Å². The number of amides is 1. The number of carbonyl (C=O) groups is 1. The number of piperidine rings is 1. The van der Waals surface area contributed by atoms with Crippen LogP contribution in [0.5, 0.6) is 0 Å². The highest BCUT2D eigenvalue weighted by Crippen LogP contribution is 2.22. The molecule has 1 aromatic rings. The second kappa shape index (κ2) is 7.13. The predicted octanol–water partition coefficient (Wildman–Crippen LogP) is 3.11. The van der Waals surface area contributed by atoms with Gasteiger partial charge in [-0.3, -0.25) is 4.79 Å². The molecule has 1 unspecified atom stereocenters. The summed E-state index contributed by atoms with van der Waals surface area (Å²) in [5.41, 5.74) is 0.552. The number of nitrogens with one attached hydrogen (secondary N) is 2. The molecule has 19 heavy (non-hydrogen) atoms. The molecule has 0 spiro atoms. The van der Waals surface area contributed by atoms with Crippen LogP contribution in [-0.4, -0.2) is 25.5 Å². The zero-order valence-electron chi connectivity index (χ0n) is 10.7. The number of hydrogen-bond donors (Lipinski definition) is 2. The van der Waals surface area contributed by atoms with Crippen molar-refractivity contribution in [1.29, 1.82) is 0 Å². The van der Waals surface area contributed by atoms with E-state index in [1.807, 2.05) is 0 Å². The van der Waals surface area contributed by atoms with Gasteiger partial charge in [0.1, 0.15) is 0 Å². The third-order valence-electron chi connectivity index (χ3n) is 3.42. The highest BCUT2D eigenvalue weighted by Gasteiger charge is 2.13. The first-order chi connectivity index (χ1) is 9.16. The molecule has 0 bridgehead atoms. The van der Waals surface area contributed by atoms with Crippen LogP contribution in [0.25, 0.3) is 0 Å². The van der Waals surface area contributed by atoms with Gasteiger partial charge in [0.25, 0.3) is 5.91 Å². The van der Waals surface area contributed by atoms with Crippen LogP contribution in [0.2, 0.25) is 10.0 Å². The highest BCUT2D eigenvalue weighted by atomic mass is 35.5. The molecular formula is C14H18Cl2N2O. The van der Waals surface area contributed by atoms with E-state index >= 15 is 0 Å². The molecule has 1 saturated heterocycles. The van der Waals surface area contributed by atoms with Crippen molar-refractivity contribution in [2.24, 2.45) is 5.92 Å². The smallest absolute Gasteiger partial charge is 0.251 e. The number of halogens is 2. The molecule has 1 fully saturated rings. The second-order valence-corrected chi connectivity index (χ2v) is 5.70. The van der Waals surface area contributed by atoms with Crippen LogP contribution in [0.1, 0.15) is 29.6 Å². The van der Waals surface area contributed by atoms with Crippen molar-refractivity contribution in [1.82, 2.24) is 10.6 Å². The molecule has 104 valence electrons. The third kappa shape index (κ3) is 4.37. The number of rotatable bonds is 4. The van der Waals surface area contributed by atoms with Crippen molar-refractivity contribution >= 4 is 29.1 Å². The third-order valence-corrected chi connectivity index (χ3v) is 4.16. The molecule has 1 aromatic carbocycles. The Labute approximate surface area is 123 Å². The first-order valence-corrected chi connectivity index (χ1v) is 7.36. The van der Waals surface area contributed by atoms with E-state index in [1.54, 1.807) is 18.2 Å². The van der Waals surface area contributed by atoms with E-state index in [9.17, 15) is 4.79 Å². The average molecular weight is 301 g/mol. The molecule has 0 aromatic heterocycles. The molecular weight excluding hydrogens is 283 g/mol. The van der Waals surface area contributed by atoms with Gasteiger partial charge in [-0.05, 0) is 56.5 Å². The Kier molecular flexibility index (Phi) is 5.49. The Morgan fingerprint density at radius 2 is 2.21 bits per heavy atom. The molecule has 1 amide bonds. The Morgan fingerprint density at radius 1 is 1.37 bits per heavy atom. The molecule has 1 aliphatic heterocycles. The molecule has 2 rings (SSSR count). The zero-order valence-corrected chi connectivity index (χ0v) is 12.2. The normalized spacial score (nSPS) is 19.2. The predicted molar refractivity (Wildman–Crippen MR) is 79.0 cm³/mol. The Balaban J connectivity index is 1.78. The minimum Gasteiger partial charge on any atom is -0.352 e. The Hall–Kier alpha value is -0.770. The van der Waals surface area contributed by atoms with Gasteiger partial charge in [-0.1, -0.05) is 23.2 Å². The maximum Gasteiger partial charge on any atom is 0.251 e. The fourth-order valence-corrected chi connectivity index (χ4v) is 2.60. The van der Waals surface area contributed by atoms with E-state index in [2.05, 4.69) is 10.6 Å². The fraction of sp³-hybridized carbons (Fsp3) is 0.500. The van der Waals surface area contributed by atoms with E-state index in [0.29, 0.717) is 28.1 Å². The molecule has 2 N–H and O–H groups in total. The zero-order chi connectivity index (χ0) is 13.7. The van der Waals surface area contributed by atoms with Crippen LogP contribution in [0.3, 0.4) is 0 Å². The summed E-state index contributed by atoms with van der Waals surface area (Å²) in [4.78, 5) is 11.9. The molecule has 1 atom stereocenters. The second-order valence-electron chi connectivity index (χ2n) is 4.89. The maximum atomic E-state index is 11.9. The molecule has 1 aliphatic rings. The van der Waals surface area contributed by atoms with Crippen LogP contribution in [0.15, 0.2) is 18.2 Å². The lowest BCUT2D eigenvalue weighted by molar-refractivity contribution is 0.0950. The first kappa shape index (κ1) is 14.6. The molecule has 0 aliphatic carbocycles. The molecule has 0 saturated carbocycles. The monoisotopic (exact) mass is 300 g/mol. The lowest BCUT2D eigenvalue weighted by Crippen LogP contribution is -2.33. The van der Waals surface area contributed by atoms with Gasteiger partial charge in [-0.25, -0.2) is 0 Å². The van der Waals surface area contributed by atoms with Crippen molar-refractivity contribution in [3.05, 3.63) is 33.8 Å². The molecule has 5 heteroatoms. The molecule has 3 nitrogen and oxygen atoms in total. The van der Waals surface area contributed by atoms with Crippen LogP contribution >= 0.6 is 23.2 Å². The largest absolute Gasteiger partial charge is 0.352 e. The quantitative estimate of drug-likeness (QED) is 0.897. The van der Waals surface area contributed by atoms with Crippen molar-refractivity contribution in [2.45, 2.75) is 19.3 Å². The van der Waals surface area contributed by atoms with Gasteiger partial charge in [0, 0.05) is 12.1 Å². The SMILES string of the molecule is O=C(NCCC1CCCNC1)c1ccc(Cl)c(Cl)c1. The van der Waals surface area contributed by atoms with Crippen molar-refractivity contribution in [3.63, 3.8) is 0 Å². The van der Waals surface area contributed by atoms with Gasteiger partial charge < -0.3 is 10.6 Å². The van der Waals surface area contributed by atoms with Crippen LogP contribution in [0, 0.1) is 5.92 Å². The summed E-state index contributed by atoms with van der Waals surface area (Å²) >= 11 is 11.7. The van der Waals surface area contributed by atoms with Gasteiger partial charge in [0.2, 0.25) is 0 Å². The summed E-state index contributed by atoms with van der Waals surface area (Å²) in [6, 6.07) is 4.93. The Morgan fingerprint density at radius 3 is 2.89 bits per heavy atom. The number of hydrogen-bond acceptors (Lipinski definition) is 2. The number of benzene rings is 1. The summed E-state index contributed by atoms with van der Waals surface area (Å²) in [7, 11) is 0. The summed E-state index contributed by atoms with van der Waals surface area (Å²) in [5, 5.41) is 7.17. The van der Waals surface area contributed by atoms with E-state index in [1.165, 1.54) is 12.8 Å². The van der Waals surface area contributed by atoms with E-state index in [-0.39, 0.29) is 5.91 Å². The standard InChI is InChI=1S/C14H18Cl2N2O/c15-12-4-3-11(8-13(12)16)14(19)18-7-5-10-2-1-6-17-9-10/h3-4,8,10,17H,1-2,5-7,9H2,(H,18,19). The van der Waals surface area contributed by atoms with E-state index < -0.39 is 0 Å². The van der Waals surface area contributed by atoms with Crippen LogP contribution in [0.4, 0.5) is 0 Å². The van der Waals surface area contributed by atoms with Crippen LogP contribution < -0.4 is 10.6 Å². The molecule has 1 heterocycles. The average Bonchev–Trinajstić information content (AvgIpc) is 2.43. The van der Waals surface area contributed by atoms with E-state index in [0.717, 1.165) is 19.5 Å². The van der Waals surface area contributed by atoms with Gasteiger partial charge in [0.05, 0.1) is 10.0 Å². The first-order valence-electron chi connectivity index (χ1n) is 6.61. The topological polar surface area (TPSA) is 41.1 Å². The Bertz CT molecular complexity index is 445. The van der Waals surface area contributed by atoms with Gasteiger partial charge in [-0.2, -0.15) is 0 Å². The summed E-state index contributed by atoms with van der Waals surface area (Å²) in [6.07, 6.45) is 3.49. The lowest BCUT2D eigenvalue weighted by atomic mass is 9.96. The van der Waals surface area contributed by atoms with Crippen molar-refractivity contribution in [2.75, 3.05) is 19.6 Å². The lowest BCUT2D eigenvalue weighted by Gasteiger charge is -2.22. The van der Waals surface area contributed by atoms with Gasteiger partial charge in [0.15, 0.2) is 0 Å². The summed E-state index contributed by atoms with van der Waals surface area (Å²) in [5.74, 6) is 0.574.